The zero-order valence-electron chi connectivity index (χ0n) is 12.4. The lowest BCUT2D eigenvalue weighted by Crippen LogP contribution is -2.21. The van der Waals surface area contributed by atoms with Crippen molar-refractivity contribution in [2.45, 2.75) is 0 Å². The molecule has 8 nitrogen and oxygen atoms in total. The molecule has 8 heteroatoms. The van der Waals surface area contributed by atoms with E-state index in [1.54, 1.807) is 24.3 Å². The van der Waals surface area contributed by atoms with Gasteiger partial charge in [-0.05, 0) is 24.3 Å². The number of carbonyl (C=O) groups is 2. The fourth-order valence-electron chi connectivity index (χ4n) is 1.82. The number of carbonyl (C=O) groups excluding carboxylic acids is 2. The van der Waals surface area contributed by atoms with Gasteiger partial charge in [0.1, 0.15) is 5.69 Å². The van der Waals surface area contributed by atoms with Gasteiger partial charge in [0, 0.05) is 11.8 Å². The molecule has 0 bridgehead atoms. The molecule has 1 N–H and O–H groups in total. The Morgan fingerprint density at radius 3 is 2.58 bits per heavy atom. The highest BCUT2D eigenvalue weighted by molar-refractivity contribution is 5.93. The predicted molar refractivity (Wildman–Crippen MR) is 82.9 cm³/mol. The van der Waals surface area contributed by atoms with Crippen molar-refractivity contribution < 1.29 is 18.7 Å². The minimum Gasteiger partial charge on any atom is -0.451 e. The maximum absolute atomic E-state index is 11.8. The van der Waals surface area contributed by atoms with E-state index in [9.17, 15) is 9.59 Å². The van der Waals surface area contributed by atoms with Gasteiger partial charge in [0.05, 0.1) is 0 Å². The lowest BCUT2D eigenvalue weighted by molar-refractivity contribution is -0.119. The number of aromatic nitrogens is 3. The van der Waals surface area contributed by atoms with Gasteiger partial charge in [0.25, 0.3) is 5.91 Å². The van der Waals surface area contributed by atoms with E-state index < -0.39 is 18.5 Å². The van der Waals surface area contributed by atoms with Crippen LogP contribution >= 0.6 is 0 Å². The Morgan fingerprint density at radius 1 is 1.04 bits per heavy atom. The second kappa shape index (κ2) is 7.14. The maximum atomic E-state index is 11.8. The molecule has 1 aromatic carbocycles. The molecule has 0 unspecified atom stereocenters. The number of amides is 1. The topological polar surface area (TPSA) is 107 Å². The molecule has 1 amide bonds. The largest absolute Gasteiger partial charge is 0.451 e. The zero-order valence-corrected chi connectivity index (χ0v) is 12.4. The third-order valence-corrected chi connectivity index (χ3v) is 2.90. The normalized spacial score (nSPS) is 10.2. The molecule has 2 heterocycles. The quantitative estimate of drug-likeness (QED) is 0.714. The number of anilines is 1. The first-order valence-electron chi connectivity index (χ1n) is 6.99. The Morgan fingerprint density at radius 2 is 1.83 bits per heavy atom. The van der Waals surface area contributed by atoms with Crippen LogP contribution in [0.2, 0.25) is 0 Å². The fraction of sp³-hybridized carbons (Fsp3) is 0.0625. The van der Waals surface area contributed by atoms with Crippen molar-refractivity contribution in [1.29, 1.82) is 0 Å². The number of nitrogens with one attached hydrogen (secondary N) is 1. The number of esters is 1. The average molecular weight is 324 g/mol. The highest BCUT2D eigenvalue weighted by Gasteiger charge is 2.14. The Kier molecular flexibility index (Phi) is 4.57. The summed E-state index contributed by atoms with van der Waals surface area (Å²) >= 11 is 0. The molecular weight excluding hydrogens is 312 g/mol. The first-order chi connectivity index (χ1) is 11.7. The van der Waals surface area contributed by atoms with Crippen LogP contribution in [0.25, 0.3) is 11.5 Å². The van der Waals surface area contributed by atoms with E-state index in [2.05, 4.69) is 20.5 Å². The summed E-state index contributed by atoms with van der Waals surface area (Å²) in [6.45, 7) is -0.488. The van der Waals surface area contributed by atoms with Gasteiger partial charge in [-0.3, -0.25) is 10.1 Å². The molecule has 0 spiro atoms. The van der Waals surface area contributed by atoms with Crippen LogP contribution < -0.4 is 5.32 Å². The number of rotatable bonds is 5. The van der Waals surface area contributed by atoms with E-state index in [-0.39, 0.29) is 17.6 Å². The summed E-state index contributed by atoms with van der Waals surface area (Å²) in [6.07, 6.45) is 1.46. The number of ether oxygens (including phenoxy) is 1. The van der Waals surface area contributed by atoms with E-state index in [1.807, 2.05) is 18.2 Å². The first kappa shape index (κ1) is 15.3. The Hall–Kier alpha value is -3.55. The molecule has 0 radical (unpaired) electrons. The lowest BCUT2D eigenvalue weighted by Gasteiger charge is -2.03. The van der Waals surface area contributed by atoms with Crippen LogP contribution in [0.4, 0.5) is 6.01 Å². The van der Waals surface area contributed by atoms with Gasteiger partial charge in [0.2, 0.25) is 5.89 Å². The summed E-state index contributed by atoms with van der Waals surface area (Å²) in [5.41, 5.74) is 0.849. The molecule has 0 aliphatic rings. The molecule has 0 fully saturated rings. The van der Waals surface area contributed by atoms with Crippen molar-refractivity contribution in [2.75, 3.05) is 11.9 Å². The van der Waals surface area contributed by atoms with Gasteiger partial charge in [-0.15, -0.1) is 5.10 Å². The minimum absolute atomic E-state index is 0.0762. The van der Waals surface area contributed by atoms with Crippen molar-refractivity contribution in [2.24, 2.45) is 0 Å². The molecule has 0 aliphatic carbocycles. The Bertz CT molecular complexity index is 834. The lowest BCUT2D eigenvalue weighted by atomic mass is 10.2. The fourth-order valence-corrected chi connectivity index (χ4v) is 1.82. The summed E-state index contributed by atoms with van der Waals surface area (Å²) in [5.74, 6) is -1.01. The molecule has 3 aromatic rings. The predicted octanol–water partition coefficient (Wildman–Crippen LogP) is 1.93. The number of hydrogen-bond acceptors (Lipinski definition) is 7. The second-order valence-electron chi connectivity index (χ2n) is 4.62. The second-order valence-corrected chi connectivity index (χ2v) is 4.62. The standard InChI is InChI=1S/C16H12N4O4/c21-13(10-23-15(22)12-8-4-5-9-17-12)18-16-20-19-14(24-16)11-6-2-1-3-7-11/h1-9H,10H2,(H,18,20,21). The summed E-state index contributed by atoms with van der Waals surface area (Å²) in [6, 6.07) is 13.8. The summed E-state index contributed by atoms with van der Waals surface area (Å²) in [7, 11) is 0. The van der Waals surface area contributed by atoms with Crippen LogP contribution in [0.1, 0.15) is 10.5 Å². The van der Waals surface area contributed by atoms with Crippen LogP contribution in [0, 0.1) is 0 Å². The molecule has 24 heavy (non-hydrogen) atoms. The van der Waals surface area contributed by atoms with Crippen LogP contribution in [0.5, 0.6) is 0 Å². The van der Waals surface area contributed by atoms with Crippen molar-refractivity contribution in [3.63, 3.8) is 0 Å². The van der Waals surface area contributed by atoms with Crippen LogP contribution in [-0.4, -0.2) is 33.7 Å². The summed E-state index contributed by atoms with van der Waals surface area (Å²) < 4.78 is 10.2. The molecule has 3 rings (SSSR count). The highest BCUT2D eigenvalue weighted by Crippen LogP contribution is 2.18. The van der Waals surface area contributed by atoms with Crippen LogP contribution in [0.3, 0.4) is 0 Å². The maximum Gasteiger partial charge on any atom is 0.357 e. The van der Waals surface area contributed by atoms with Crippen molar-refractivity contribution in [3.8, 4) is 11.5 Å². The number of benzene rings is 1. The first-order valence-corrected chi connectivity index (χ1v) is 6.99. The summed E-state index contributed by atoms with van der Waals surface area (Å²) in [4.78, 5) is 27.3. The minimum atomic E-state index is -0.693. The van der Waals surface area contributed by atoms with Crippen LogP contribution in [0.15, 0.2) is 59.1 Å². The van der Waals surface area contributed by atoms with Gasteiger partial charge >= 0.3 is 12.0 Å². The number of pyridine rings is 1. The Labute approximate surface area is 136 Å². The van der Waals surface area contributed by atoms with Gasteiger partial charge in [-0.1, -0.05) is 29.4 Å². The summed E-state index contributed by atoms with van der Waals surface area (Å²) in [5, 5.41) is 9.91. The Balaban J connectivity index is 1.54. The smallest absolute Gasteiger partial charge is 0.357 e. The monoisotopic (exact) mass is 324 g/mol. The highest BCUT2D eigenvalue weighted by atomic mass is 16.5. The van der Waals surface area contributed by atoms with E-state index in [1.165, 1.54) is 12.3 Å². The third kappa shape index (κ3) is 3.80. The molecule has 0 atom stereocenters. The van der Waals surface area contributed by atoms with E-state index in [4.69, 9.17) is 9.15 Å². The molecule has 2 aromatic heterocycles. The molecular formula is C16H12N4O4. The van der Waals surface area contributed by atoms with Crippen molar-refractivity contribution in [1.82, 2.24) is 15.2 Å². The van der Waals surface area contributed by atoms with E-state index in [0.717, 1.165) is 5.56 Å². The van der Waals surface area contributed by atoms with Crippen molar-refractivity contribution >= 4 is 17.9 Å². The third-order valence-electron chi connectivity index (χ3n) is 2.90. The average Bonchev–Trinajstić information content (AvgIpc) is 3.09. The molecule has 0 aliphatic heterocycles. The SMILES string of the molecule is O=C(COC(=O)c1ccccn1)Nc1nnc(-c2ccccc2)o1. The van der Waals surface area contributed by atoms with Crippen molar-refractivity contribution in [3.05, 3.63) is 60.4 Å². The zero-order chi connectivity index (χ0) is 16.8. The van der Waals surface area contributed by atoms with E-state index >= 15 is 0 Å². The number of nitrogens with zero attached hydrogens (tertiary/aromatic N) is 3. The molecule has 0 saturated carbocycles. The van der Waals surface area contributed by atoms with Gasteiger partial charge in [0.15, 0.2) is 6.61 Å². The molecule has 120 valence electrons. The van der Waals surface area contributed by atoms with E-state index in [0.29, 0.717) is 0 Å². The molecule has 0 saturated heterocycles. The van der Waals surface area contributed by atoms with Gasteiger partial charge in [-0.25, -0.2) is 9.78 Å². The van der Waals surface area contributed by atoms with Crippen LogP contribution in [-0.2, 0) is 9.53 Å². The number of hydrogen-bond donors (Lipinski definition) is 1. The van der Waals surface area contributed by atoms with Gasteiger partial charge in [-0.2, -0.15) is 0 Å². The van der Waals surface area contributed by atoms with Gasteiger partial charge < -0.3 is 9.15 Å².